The minimum Gasteiger partial charge on any atom is -0.507 e. The molecular formula is C19H20O5. The van der Waals surface area contributed by atoms with Gasteiger partial charge < -0.3 is 19.3 Å². The van der Waals surface area contributed by atoms with Crippen molar-refractivity contribution in [3.63, 3.8) is 0 Å². The number of ketones is 1. The molecule has 0 saturated carbocycles. The highest BCUT2D eigenvalue weighted by Crippen LogP contribution is 2.34. The number of carbonyl (C=O) groups excluding carboxylic acids is 1. The molecule has 0 aliphatic heterocycles. The van der Waals surface area contributed by atoms with Gasteiger partial charge in [-0.25, -0.2) is 0 Å². The molecule has 0 spiro atoms. The van der Waals surface area contributed by atoms with E-state index in [0.29, 0.717) is 18.1 Å². The van der Waals surface area contributed by atoms with E-state index < -0.39 is 0 Å². The normalized spacial score (nSPS) is 10.6. The van der Waals surface area contributed by atoms with Crippen LogP contribution in [0.3, 0.4) is 0 Å². The second-order valence-corrected chi connectivity index (χ2v) is 4.92. The average Bonchev–Trinajstić information content (AvgIpc) is 2.60. The number of hydrogen-bond donors (Lipinski definition) is 1. The Labute approximate surface area is 141 Å². The van der Waals surface area contributed by atoms with Crippen molar-refractivity contribution in [2.45, 2.75) is 6.92 Å². The summed E-state index contributed by atoms with van der Waals surface area (Å²) in [6.45, 7) is 2.17. The summed E-state index contributed by atoms with van der Waals surface area (Å²) in [5.74, 6) is 0.923. The Morgan fingerprint density at radius 1 is 1.08 bits per heavy atom. The van der Waals surface area contributed by atoms with Crippen LogP contribution in [0.25, 0.3) is 6.08 Å². The lowest BCUT2D eigenvalue weighted by Crippen LogP contribution is -2.03. The number of aromatic hydroxyl groups is 1. The van der Waals surface area contributed by atoms with E-state index in [1.807, 2.05) is 12.1 Å². The van der Waals surface area contributed by atoms with E-state index in [9.17, 15) is 9.90 Å². The zero-order valence-electron chi connectivity index (χ0n) is 13.9. The standard InChI is InChI=1S/C19H20O5/c1-4-24-18-12-15(23-3)11-17(21)19(18)16(20)10-7-13-5-8-14(22-2)9-6-13/h5-12,21H,4H2,1-3H3. The van der Waals surface area contributed by atoms with Crippen LogP contribution in [0.4, 0.5) is 0 Å². The summed E-state index contributed by atoms with van der Waals surface area (Å²) in [4.78, 5) is 12.5. The molecule has 1 N–H and O–H groups in total. The Kier molecular flexibility index (Phi) is 5.84. The van der Waals surface area contributed by atoms with Crippen molar-refractivity contribution in [1.82, 2.24) is 0 Å². The lowest BCUT2D eigenvalue weighted by molar-refractivity contribution is 0.104. The highest BCUT2D eigenvalue weighted by Gasteiger charge is 2.17. The zero-order valence-corrected chi connectivity index (χ0v) is 13.9. The van der Waals surface area contributed by atoms with Crippen molar-refractivity contribution in [2.75, 3.05) is 20.8 Å². The number of carbonyl (C=O) groups is 1. The number of benzene rings is 2. The summed E-state index contributed by atoms with van der Waals surface area (Å²) in [6, 6.07) is 10.2. The summed E-state index contributed by atoms with van der Waals surface area (Å²) in [5, 5.41) is 10.1. The largest absolute Gasteiger partial charge is 0.507 e. The lowest BCUT2D eigenvalue weighted by atomic mass is 10.1. The minimum absolute atomic E-state index is 0.113. The van der Waals surface area contributed by atoms with Crippen molar-refractivity contribution in [1.29, 1.82) is 0 Å². The third-order valence-corrected chi connectivity index (χ3v) is 3.38. The number of phenolic OH excluding ortho intramolecular Hbond substituents is 1. The van der Waals surface area contributed by atoms with Gasteiger partial charge in [0.25, 0.3) is 0 Å². The van der Waals surface area contributed by atoms with E-state index in [-0.39, 0.29) is 17.1 Å². The van der Waals surface area contributed by atoms with E-state index in [1.165, 1.54) is 19.3 Å². The predicted molar refractivity (Wildman–Crippen MR) is 92.2 cm³/mol. The van der Waals surface area contributed by atoms with Crippen LogP contribution >= 0.6 is 0 Å². The van der Waals surface area contributed by atoms with Crippen LogP contribution in [0.5, 0.6) is 23.0 Å². The molecule has 0 amide bonds. The van der Waals surface area contributed by atoms with Gasteiger partial charge in [-0.05, 0) is 30.7 Å². The summed E-state index contributed by atoms with van der Waals surface area (Å²) in [6.07, 6.45) is 3.06. The van der Waals surface area contributed by atoms with Crippen LogP contribution in [0.2, 0.25) is 0 Å². The Morgan fingerprint density at radius 2 is 1.75 bits per heavy atom. The number of ether oxygens (including phenoxy) is 3. The average molecular weight is 328 g/mol. The molecule has 5 nitrogen and oxygen atoms in total. The maximum atomic E-state index is 12.5. The van der Waals surface area contributed by atoms with Gasteiger partial charge >= 0.3 is 0 Å². The summed E-state index contributed by atoms with van der Waals surface area (Å²) >= 11 is 0. The highest BCUT2D eigenvalue weighted by atomic mass is 16.5. The van der Waals surface area contributed by atoms with Gasteiger partial charge in [-0.15, -0.1) is 0 Å². The van der Waals surface area contributed by atoms with Crippen molar-refractivity contribution >= 4 is 11.9 Å². The Morgan fingerprint density at radius 3 is 2.33 bits per heavy atom. The first-order valence-corrected chi connectivity index (χ1v) is 7.49. The number of phenols is 1. The fraction of sp³-hybridized carbons (Fsp3) is 0.211. The molecule has 126 valence electrons. The van der Waals surface area contributed by atoms with Crippen molar-refractivity contribution < 1.29 is 24.1 Å². The molecule has 2 rings (SSSR count). The van der Waals surface area contributed by atoms with Gasteiger partial charge in [0, 0.05) is 12.1 Å². The highest BCUT2D eigenvalue weighted by molar-refractivity contribution is 6.10. The smallest absolute Gasteiger partial charge is 0.193 e. The van der Waals surface area contributed by atoms with Crippen LogP contribution in [-0.2, 0) is 0 Å². The summed E-state index contributed by atoms with van der Waals surface area (Å²) < 4.78 is 15.6. The van der Waals surface area contributed by atoms with E-state index in [1.54, 1.807) is 38.3 Å². The van der Waals surface area contributed by atoms with E-state index in [4.69, 9.17) is 14.2 Å². The number of allylic oxidation sites excluding steroid dienone is 1. The van der Waals surface area contributed by atoms with Gasteiger partial charge in [-0.2, -0.15) is 0 Å². The third-order valence-electron chi connectivity index (χ3n) is 3.38. The predicted octanol–water partition coefficient (Wildman–Crippen LogP) is 3.70. The van der Waals surface area contributed by atoms with Gasteiger partial charge in [0.05, 0.1) is 20.8 Å². The van der Waals surface area contributed by atoms with E-state index in [2.05, 4.69) is 0 Å². The number of methoxy groups -OCH3 is 2. The van der Waals surface area contributed by atoms with Crippen LogP contribution < -0.4 is 14.2 Å². The van der Waals surface area contributed by atoms with Crippen molar-refractivity contribution in [3.8, 4) is 23.0 Å². The molecular weight excluding hydrogens is 308 g/mol. The maximum Gasteiger partial charge on any atom is 0.193 e. The van der Waals surface area contributed by atoms with Crippen molar-refractivity contribution in [3.05, 3.63) is 53.6 Å². The second-order valence-electron chi connectivity index (χ2n) is 4.92. The first kappa shape index (κ1) is 17.4. The van der Waals surface area contributed by atoms with Crippen LogP contribution in [0, 0.1) is 0 Å². The molecule has 24 heavy (non-hydrogen) atoms. The first-order valence-electron chi connectivity index (χ1n) is 7.49. The monoisotopic (exact) mass is 328 g/mol. The lowest BCUT2D eigenvalue weighted by Gasteiger charge is -2.12. The van der Waals surface area contributed by atoms with Gasteiger partial charge in [-0.1, -0.05) is 18.2 Å². The van der Waals surface area contributed by atoms with E-state index in [0.717, 1.165) is 11.3 Å². The van der Waals surface area contributed by atoms with Crippen molar-refractivity contribution in [2.24, 2.45) is 0 Å². The number of rotatable bonds is 7. The molecule has 0 heterocycles. The maximum absolute atomic E-state index is 12.5. The molecule has 0 saturated heterocycles. The van der Waals surface area contributed by atoms with Crippen LogP contribution in [0.15, 0.2) is 42.5 Å². The van der Waals surface area contributed by atoms with Gasteiger partial charge in [0.15, 0.2) is 5.78 Å². The SMILES string of the molecule is CCOc1cc(OC)cc(O)c1C(=O)C=Cc1ccc(OC)cc1. The molecule has 0 radical (unpaired) electrons. The first-order chi connectivity index (χ1) is 11.6. The fourth-order valence-electron chi connectivity index (χ4n) is 2.18. The number of hydrogen-bond acceptors (Lipinski definition) is 5. The topological polar surface area (TPSA) is 65.0 Å². The van der Waals surface area contributed by atoms with Gasteiger partial charge in [0.2, 0.25) is 0 Å². The second kappa shape index (κ2) is 8.06. The molecule has 2 aromatic rings. The molecule has 0 aliphatic carbocycles. The zero-order chi connectivity index (χ0) is 17.5. The molecule has 0 fully saturated rings. The third kappa shape index (κ3) is 4.07. The van der Waals surface area contributed by atoms with Crippen LogP contribution in [-0.4, -0.2) is 31.7 Å². The van der Waals surface area contributed by atoms with Gasteiger partial charge in [-0.3, -0.25) is 4.79 Å². The molecule has 0 aromatic heterocycles. The van der Waals surface area contributed by atoms with Gasteiger partial charge in [0.1, 0.15) is 28.6 Å². The molecule has 0 unspecified atom stereocenters. The Bertz CT molecular complexity index is 732. The van der Waals surface area contributed by atoms with Crippen LogP contribution in [0.1, 0.15) is 22.8 Å². The summed E-state index contributed by atoms with van der Waals surface area (Å²) in [7, 11) is 3.08. The molecule has 0 atom stereocenters. The fourth-order valence-corrected chi connectivity index (χ4v) is 2.18. The quantitative estimate of drug-likeness (QED) is 0.620. The Balaban J connectivity index is 2.29. The molecule has 0 bridgehead atoms. The molecule has 0 aliphatic rings. The molecule has 2 aromatic carbocycles. The Hall–Kier alpha value is -2.95. The van der Waals surface area contributed by atoms with E-state index >= 15 is 0 Å². The summed E-state index contributed by atoms with van der Waals surface area (Å²) in [5.41, 5.74) is 0.956. The molecule has 5 heteroatoms. The minimum atomic E-state index is -0.352.